The third kappa shape index (κ3) is 3.64. The molecule has 1 fully saturated rings. The molecule has 0 spiro atoms. The summed E-state index contributed by atoms with van der Waals surface area (Å²) >= 11 is 0. The third-order valence-electron chi connectivity index (χ3n) is 5.38. The van der Waals surface area contributed by atoms with E-state index in [1.54, 1.807) is 21.3 Å². The van der Waals surface area contributed by atoms with Gasteiger partial charge in [0.1, 0.15) is 5.75 Å². The van der Waals surface area contributed by atoms with E-state index in [1.165, 1.54) is 39.9 Å². The number of hydrogen-bond donors (Lipinski definition) is 1. The maximum absolute atomic E-state index is 5.56. The zero-order chi connectivity index (χ0) is 18.1. The Morgan fingerprint density at radius 3 is 2.26 bits per heavy atom. The van der Waals surface area contributed by atoms with Crippen molar-refractivity contribution in [3.63, 3.8) is 0 Å². The minimum Gasteiger partial charge on any atom is -0.497 e. The summed E-state index contributed by atoms with van der Waals surface area (Å²) in [6, 6.07) is 13.3. The van der Waals surface area contributed by atoms with Gasteiger partial charge in [-0.25, -0.2) is 0 Å². The van der Waals surface area contributed by atoms with Gasteiger partial charge in [0, 0.05) is 6.04 Å². The van der Waals surface area contributed by atoms with E-state index in [0.29, 0.717) is 6.04 Å². The molecule has 0 aliphatic carbocycles. The van der Waals surface area contributed by atoms with Crippen molar-refractivity contribution in [3.8, 4) is 17.2 Å². The molecule has 0 radical (unpaired) electrons. The lowest BCUT2D eigenvalue weighted by Gasteiger charge is -2.17. The van der Waals surface area contributed by atoms with Crippen LogP contribution in [-0.2, 0) is 6.42 Å². The van der Waals surface area contributed by atoms with Crippen LogP contribution >= 0.6 is 12.4 Å². The molecule has 1 aliphatic rings. The SMILES string of the molecule is COc1ccc2cc(CC3CCCN3)c3cc(OC)c(OC)cc3c2c1.Cl. The number of halogens is 1. The van der Waals surface area contributed by atoms with Crippen LogP contribution in [0, 0.1) is 0 Å². The van der Waals surface area contributed by atoms with Crippen LogP contribution in [0.1, 0.15) is 18.4 Å². The predicted molar refractivity (Wildman–Crippen MR) is 113 cm³/mol. The smallest absolute Gasteiger partial charge is 0.161 e. The topological polar surface area (TPSA) is 39.7 Å². The lowest BCUT2D eigenvalue weighted by atomic mass is 9.92. The molecule has 5 heteroatoms. The lowest BCUT2D eigenvalue weighted by molar-refractivity contribution is 0.356. The predicted octanol–water partition coefficient (Wildman–Crippen LogP) is 4.74. The molecule has 1 N–H and O–H groups in total. The summed E-state index contributed by atoms with van der Waals surface area (Å²) < 4.78 is 16.6. The van der Waals surface area contributed by atoms with Crippen LogP contribution in [0.4, 0.5) is 0 Å². The summed E-state index contributed by atoms with van der Waals surface area (Å²) in [7, 11) is 5.07. The molecule has 0 saturated carbocycles. The molecule has 0 amide bonds. The first-order valence-electron chi connectivity index (χ1n) is 9.12. The standard InChI is InChI=1S/C22H25NO3.ClH/c1-24-17-7-6-14-9-15(10-16-5-4-8-23-16)19-12-21(25-2)22(26-3)13-20(19)18(14)11-17;/h6-7,9,11-13,16,23H,4-5,8,10H2,1-3H3;1H. The van der Waals surface area contributed by atoms with E-state index < -0.39 is 0 Å². The molecule has 1 aliphatic heterocycles. The Labute approximate surface area is 166 Å². The average Bonchev–Trinajstić information content (AvgIpc) is 3.19. The van der Waals surface area contributed by atoms with Crippen molar-refractivity contribution >= 4 is 34.0 Å². The Balaban J connectivity index is 0.00000210. The van der Waals surface area contributed by atoms with Gasteiger partial charge >= 0.3 is 0 Å². The second-order valence-electron chi connectivity index (χ2n) is 6.87. The van der Waals surface area contributed by atoms with Crippen molar-refractivity contribution in [2.24, 2.45) is 0 Å². The van der Waals surface area contributed by atoms with E-state index in [9.17, 15) is 0 Å². The van der Waals surface area contributed by atoms with Gasteiger partial charge in [-0.3, -0.25) is 0 Å². The minimum absolute atomic E-state index is 0. The average molecular weight is 388 g/mol. The summed E-state index contributed by atoms with van der Waals surface area (Å²) in [6.07, 6.45) is 3.51. The highest BCUT2D eigenvalue weighted by molar-refractivity contribution is 6.10. The number of methoxy groups -OCH3 is 3. The number of benzene rings is 3. The molecule has 144 valence electrons. The van der Waals surface area contributed by atoms with Gasteiger partial charge in [0.05, 0.1) is 21.3 Å². The number of hydrogen-bond acceptors (Lipinski definition) is 4. The first kappa shape index (κ1) is 19.6. The van der Waals surface area contributed by atoms with E-state index >= 15 is 0 Å². The first-order chi connectivity index (χ1) is 12.7. The molecule has 1 heterocycles. The van der Waals surface area contributed by atoms with Crippen LogP contribution in [-0.4, -0.2) is 33.9 Å². The van der Waals surface area contributed by atoms with Crippen molar-refractivity contribution in [3.05, 3.63) is 42.0 Å². The monoisotopic (exact) mass is 387 g/mol. The summed E-state index contributed by atoms with van der Waals surface area (Å²) in [6.45, 7) is 1.12. The zero-order valence-electron chi connectivity index (χ0n) is 16.0. The highest BCUT2D eigenvalue weighted by Crippen LogP contribution is 2.39. The van der Waals surface area contributed by atoms with E-state index in [4.69, 9.17) is 14.2 Å². The maximum atomic E-state index is 5.56. The quantitative estimate of drug-likeness (QED) is 0.642. The Hall–Kier alpha value is -2.17. The number of nitrogens with one attached hydrogen (secondary N) is 1. The summed E-state index contributed by atoms with van der Waals surface area (Å²) in [5.41, 5.74) is 1.35. The summed E-state index contributed by atoms with van der Waals surface area (Å²) in [4.78, 5) is 0. The molecular weight excluding hydrogens is 362 g/mol. The lowest BCUT2D eigenvalue weighted by Crippen LogP contribution is -2.23. The molecule has 0 aromatic heterocycles. The van der Waals surface area contributed by atoms with Crippen molar-refractivity contribution < 1.29 is 14.2 Å². The van der Waals surface area contributed by atoms with Gasteiger partial charge in [0.15, 0.2) is 11.5 Å². The summed E-state index contributed by atoms with van der Waals surface area (Å²) in [5, 5.41) is 8.39. The Bertz CT molecular complexity index is 951. The van der Waals surface area contributed by atoms with Crippen molar-refractivity contribution in [2.75, 3.05) is 27.9 Å². The highest BCUT2D eigenvalue weighted by atomic mass is 35.5. The van der Waals surface area contributed by atoms with E-state index in [1.807, 2.05) is 6.07 Å². The molecular formula is C22H26ClNO3. The van der Waals surface area contributed by atoms with Crippen molar-refractivity contribution in [1.29, 1.82) is 0 Å². The van der Waals surface area contributed by atoms with Gasteiger partial charge in [-0.05, 0) is 77.2 Å². The molecule has 27 heavy (non-hydrogen) atoms. The summed E-state index contributed by atoms with van der Waals surface area (Å²) in [5.74, 6) is 2.38. The molecule has 1 saturated heterocycles. The normalized spacial score (nSPS) is 16.3. The number of fused-ring (bicyclic) bond motifs is 3. The second kappa shape index (κ2) is 8.24. The molecule has 1 atom stereocenters. The molecule has 1 unspecified atom stereocenters. The number of ether oxygens (including phenoxy) is 3. The third-order valence-corrected chi connectivity index (χ3v) is 5.38. The highest BCUT2D eigenvalue weighted by Gasteiger charge is 2.18. The number of rotatable bonds is 5. The first-order valence-corrected chi connectivity index (χ1v) is 9.12. The van der Waals surface area contributed by atoms with Gasteiger partial charge < -0.3 is 19.5 Å². The van der Waals surface area contributed by atoms with Gasteiger partial charge in [-0.2, -0.15) is 0 Å². The van der Waals surface area contributed by atoms with Crippen molar-refractivity contribution in [1.82, 2.24) is 5.32 Å². The fourth-order valence-corrected chi connectivity index (χ4v) is 4.02. The van der Waals surface area contributed by atoms with Crippen LogP contribution in [0.2, 0.25) is 0 Å². The van der Waals surface area contributed by atoms with Crippen LogP contribution in [0.3, 0.4) is 0 Å². The Morgan fingerprint density at radius 2 is 1.63 bits per heavy atom. The van der Waals surface area contributed by atoms with E-state index in [0.717, 1.165) is 30.2 Å². The molecule has 4 nitrogen and oxygen atoms in total. The van der Waals surface area contributed by atoms with E-state index in [2.05, 4.69) is 35.6 Å². The largest absolute Gasteiger partial charge is 0.497 e. The van der Waals surface area contributed by atoms with E-state index in [-0.39, 0.29) is 12.4 Å². The molecule has 3 aromatic carbocycles. The van der Waals surface area contributed by atoms with Gasteiger partial charge in [-0.15, -0.1) is 12.4 Å². The fraction of sp³-hybridized carbons (Fsp3) is 0.364. The zero-order valence-corrected chi connectivity index (χ0v) is 16.8. The van der Waals surface area contributed by atoms with Crippen LogP contribution < -0.4 is 19.5 Å². The van der Waals surface area contributed by atoms with Gasteiger partial charge in [0.25, 0.3) is 0 Å². The van der Waals surface area contributed by atoms with Crippen LogP contribution in [0.25, 0.3) is 21.5 Å². The van der Waals surface area contributed by atoms with Crippen LogP contribution in [0.15, 0.2) is 36.4 Å². The van der Waals surface area contributed by atoms with Crippen molar-refractivity contribution in [2.45, 2.75) is 25.3 Å². The maximum Gasteiger partial charge on any atom is 0.161 e. The molecule has 0 bridgehead atoms. The minimum atomic E-state index is 0. The second-order valence-corrected chi connectivity index (χ2v) is 6.87. The Morgan fingerprint density at radius 1 is 0.889 bits per heavy atom. The Kier molecular flexibility index (Phi) is 5.98. The van der Waals surface area contributed by atoms with Gasteiger partial charge in [0.2, 0.25) is 0 Å². The fourth-order valence-electron chi connectivity index (χ4n) is 4.02. The van der Waals surface area contributed by atoms with Gasteiger partial charge in [-0.1, -0.05) is 12.1 Å². The molecule has 4 rings (SSSR count). The molecule has 3 aromatic rings. The van der Waals surface area contributed by atoms with Crippen LogP contribution in [0.5, 0.6) is 17.2 Å².